The fourth-order valence-corrected chi connectivity index (χ4v) is 2.40. The van der Waals surface area contributed by atoms with Crippen molar-refractivity contribution in [3.63, 3.8) is 0 Å². The van der Waals surface area contributed by atoms with E-state index in [0.29, 0.717) is 25.8 Å². The van der Waals surface area contributed by atoms with Gasteiger partial charge in [-0.25, -0.2) is 9.59 Å². The molecule has 0 spiro atoms. The Morgan fingerprint density at radius 2 is 1.70 bits per heavy atom. The Kier molecular flexibility index (Phi) is 9.33. The monoisotopic (exact) mass is 378 g/mol. The van der Waals surface area contributed by atoms with Gasteiger partial charge in [-0.05, 0) is 32.3 Å². The smallest absolute Gasteiger partial charge is 0.410 e. The van der Waals surface area contributed by atoms with Gasteiger partial charge in [-0.2, -0.15) is 0 Å². The van der Waals surface area contributed by atoms with Crippen LogP contribution in [0.4, 0.5) is 4.79 Å². The van der Waals surface area contributed by atoms with Crippen LogP contribution >= 0.6 is 0 Å². The molecule has 150 valence electrons. The fourth-order valence-electron chi connectivity index (χ4n) is 2.40. The Balaban J connectivity index is 2.41. The summed E-state index contributed by atoms with van der Waals surface area (Å²) in [7, 11) is 3.33. The molecule has 0 bridgehead atoms. The summed E-state index contributed by atoms with van der Waals surface area (Å²) in [5, 5.41) is 9.30. The molecule has 0 unspecified atom stereocenters. The van der Waals surface area contributed by atoms with E-state index < -0.39 is 18.2 Å². The molecule has 1 N–H and O–H groups in total. The Labute approximate surface area is 160 Å². The Bertz CT molecular complexity index is 618. The molecular weight excluding hydrogens is 348 g/mol. The molecule has 0 fully saturated rings. The molecule has 7 nitrogen and oxygen atoms in total. The lowest BCUT2D eigenvalue weighted by Gasteiger charge is -2.22. The molecule has 1 rings (SSSR count). The average molecular weight is 378 g/mol. The second-order valence-corrected chi connectivity index (χ2v) is 6.88. The number of carboxylic acids is 1. The van der Waals surface area contributed by atoms with E-state index in [1.807, 2.05) is 19.9 Å². The number of hydrogen-bond acceptors (Lipinski definition) is 4. The molecule has 0 aliphatic heterocycles. The maximum absolute atomic E-state index is 12.1. The maximum atomic E-state index is 12.1. The molecule has 0 heterocycles. The summed E-state index contributed by atoms with van der Waals surface area (Å²) in [6, 6.07) is 9.19. The molecule has 1 aromatic rings. The molecule has 27 heavy (non-hydrogen) atoms. The van der Waals surface area contributed by atoms with E-state index in [0.717, 1.165) is 5.56 Å². The van der Waals surface area contributed by atoms with Crippen LogP contribution in [0.15, 0.2) is 30.3 Å². The summed E-state index contributed by atoms with van der Waals surface area (Å²) < 4.78 is 5.14. The van der Waals surface area contributed by atoms with Crippen LogP contribution in [0.3, 0.4) is 0 Å². The lowest BCUT2D eigenvalue weighted by molar-refractivity contribution is -0.147. The first-order chi connectivity index (χ1) is 12.7. The largest absolute Gasteiger partial charge is 0.478 e. The minimum atomic E-state index is -1.23. The molecule has 1 atom stereocenters. The van der Waals surface area contributed by atoms with Crippen LogP contribution in [0.5, 0.6) is 0 Å². The lowest BCUT2D eigenvalue weighted by atomic mass is 10.1. The van der Waals surface area contributed by atoms with Crippen molar-refractivity contribution < 1.29 is 24.2 Å². The first-order valence-electron chi connectivity index (χ1n) is 9.16. The van der Waals surface area contributed by atoms with E-state index in [1.54, 1.807) is 43.3 Å². The Morgan fingerprint density at radius 1 is 1.07 bits per heavy atom. The number of hydrogen-bond donors (Lipinski definition) is 1. The van der Waals surface area contributed by atoms with Gasteiger partial charge in [0, 0.05) is 39.5 Å². The van der Waals surface area contributed by atoms with E-state index in [1.165, 1.54) is 4.90 Å². The molecule has 0 aromatic heterocycles. The normalized spacial score (nSPS) is 11.7. The van der Waals surface area contributed by atoms with Crippen molar-refractivity contribution >= 4 is 18.0 Å². The summed E-state index contributed by atoms with van der Waals surface area (Å²) in [6.45, 7) is 4.31. The zero-order chi connectivity index (χ0) is 20.4. The zero-order valence-electron chi connectivity index (χ0n) is 16.6. The van der Waals surface area contributed by atoms with Crippen LogP contribution in [0.25, 0.3) is 0 Å². The van der Waals surface area contributed by atoms with E-state index in [4.69, 9.17) is 4.74 Å². The summed E-state index contributed by atoms with van der Waals surface area (Å²) in [5.41, 5.74) is 0.785. The van der Waals surface area contributed by atoms with Gasteiger partial charge < -0.3 is 19.6 Å². The number of aliphatic carboxylic acids is 1. The van der Waals surface area contributed by atoms with Gasteiger partial charge in [0.25, 0.3) is 0 Å². The van der Waals surface area contributed by atoms with Crippen molar-refractivity contribution in [3.8, 4) is 0 Å². The zero-order valence-corrected chi connectivity index (χ0v) is 16.6. The third-order valence-corrected chi connectivity index (χ3v) is 4.40. The number of carbonyl (C=O) groups excluding carboxylic acids is 2. The van der Waals surface area contributed by atoms with Gasteiger partial charge in [-0.1, -0.05) is 30.3 Å². The SMILES string of the molecule is CC(C)N(C)C(=O)CCCCN(C)C(=O)O[C@@H](Cc1ccccc1)C(=O)O. The van der Waals surface area contributed by atoms with Crippen LogP contribution < -0.4 is 0 Å². The summed E-state index contributed by atoms with van der Waals surface area (Å²) >= 11 is 0. The predicted molar refractivity (Wildman–Crippen MR) is 102 cm³/mol. The predicted octanol–water partition coefficient (Wildman–Crippen LogP) is 2.79. The lowest BCUT2D eigenvalue weighted by Crippen LogP contribution is -2.36. The van der Waals surface area contributed by atoms with Crippen molar-refractivity contribution in [2.75, 3.05) is 20.6 Å². The van der Waals surface area contributed by atoms with Crippen molar-refractivity contribution in [2.45, 2.75) is 51.7 Å². The van der Waals surface area contributed by atoms with Gasteiger partial charge in [0.15, 0.2) is 0 Å². The number of benzene rings is 1. The first-order valence-corrected chi connectivity index (χ1v) is 9.16. The molecule has 0 saturated heterocycles. The number of ether oxygens (including phenoxy) is 1. The third-order valence-electron chi connectivity index (χ3n) is 4.40. The van der Waals surface area contributed by atoms with Gasteiger partial charge in [-0.15, -0.1) is 0 Å². The topological polar surface area (TPSA) is 87.2 Å². The quantitative estimate of drug-likeness (QED) is 0.633. The van der Waals surface area contributed by atoms with Gasteiger partial charge in [-0.3, -0.25) is 4.79 Å². The van der Waals surface area contributed by atoms with E-state index in [2.05, 4.69) is 0 Å². The number of amides is 2. The van der Waals surface area contributed by atoms with Gasteiger partial charge in [0.1, 0.15) is 0 Å². The van der Waals surface area contributed by atoms with Crippen molar-refractivity contribution in [1.82, 2.24) is 9.80 Å². The molecule has 1 aromatic carbocycles. The number of carbonyl (C=O) groups is 3. The van der Waals surface area contributed by atoms with Gasteiger partial charge >= 0.3 is 12.1 Å². The highest BCUT2D eigenvalue weighted by atomic mass is 16.6. The average Bonchev–Trinajstić information content (AvgIpc) is 2.64. The van der Waals surface area contributed by atoms with E-state index in [-0.39, 0.29) is 18.4 Å². The van der Waals surface area contributed by atoms with Crippen molar-refractivity contribution in [3.05, 3.63) is 35.9 Å². The van der Waals surface area contributed by atoms with Gasteiger partial charge in [0.2, 0.25) is 12.0 Å². The number of rotatable bonds is 10. The molecule has 7 heteroatoms. The van der Waals surface area contributed by atoms with Crippen molar-refractivity contribution in [2.24, 2.45) is 0 Å². The second kappa shape index (κ2) is 11.2. The molecule has 0 radical (unpaired) electrons. The van der Waals surface area contributed by atoms with Crippen LogP contribution in [0.2, 0.25) is 0 Å². The minimum absolute atomic E-state index is 0.0732. The fraction of sp³-hybridized carbons (Fsp3) is 0.550. The number of carboxylic acid groups (broad SMARTS) is 1. The highest BCUT2D eigenvalue weighted by molar-refractivity contribution is 5.77. The summed E-state index contributed by atoms with van der Waals surface area (Å²) in [6.07, 6.45) is -0.0816. The molecule has 0 aliphatic rings. The maximum Gasteiger partial charge on any atom is 0.410 e. The van der Waals surface area contributed by atoms with E-state index in [9.17, 15) is 19.5 Å². The second-order valence-electron chi connectivity index (χ2n) is 6.88. The van der Waals surface area contributed by atoms with Crippen LogP contribution in [-0.4, -0.2) is 65.7 Å². The van der Waals surface area contributed by atoms with Gasteiger partial charge in [0.05, 0.1) is 0 Å². The molecular formula is C20H30N2O5. The molecule has 2 amide bonds. The van der Waals surface area contributed by atoms with E-state index >= 15 is 0 Å². The molecule has 0 aliphatic carbocycles. The minimum Gasteiger partial charge on any atom is -0.478 e. The van der Waals surface area contributed by atoms with Crippen LogP contribution in [-0.2, 0) is 20.7 Å². The van der Waals surface area contributed by atoms with Crippen molar-refractivity contribution in [1.29, 1.82) is 0 Å². The summed E-state index contributed by atoms with van der Waals surface area (Å²) in [4.78, 5) is 38.5. The Hall–Kier alpha value is -2.57. The highest BCUT2D eigenvalue weighted by Gasteiger charge is 2.24. The molecule has 0 saturated carbocycles. The van der Waals surface area contributed by atoms with Crippen LogP contribution in [0.1, 0.15) is 38.7 Å². The number of nitrogens with zero attached hydrogens (tertiary/aromatic N) is 2. The van der Waals surface area contributed by atoms with Crippen LogP contribution in [0, 0.1) is 0 Å². The summed E-state index contributed by atoms with van der Waals surface area (Å²) in [5.74, 6) is -1.10. The first kappa shape index (κ1) is 22.5. The highest BCUT2D eigenvalue weighted by Crippen LogP contribution is 2.09. The Morgan fingerprint density at radius 3 is 2.26 bits per heavy atom. The third kappa shape index (κ3) is 8.11. The standard InChI is InChI=1S/C20H30N2O5/c1-15(2)22(4)18(23)12-8-9-13-21(3)20(26)27-17(19(24)25)14-16-10-6-5-7-11-16/h5-7,10-11,15,17H,8-9,12-14H2,1-4H3,(H,24,25)/t17-/m0/s1. The number of unbranched alkanes of at least 4 members (excludes halogenated alkanes) is 1.